The lowest BCUT2D eigenvalue weighted by Gasteiger charge is -2.04. The van der Waals surface area contributed by atoms with Gasteiger partial charge in [0.05, 0.1) is 17.1 Å². The summed E-state index contributed by atoms with van der Waals surface area (Å²) in [5.74, 6) is 0. The fraction of sp³-hybridized carbons (Fsp3) is 0. The number of pyridine rings is 1. The maximum atomic E-state index is 4.86. The molecule has 0 bridgehead atoms. The molecule has 0 atom stereocenters. The van der Waals surface area contributed by atoms with Gasteiger partial charge in [-0.2, -0.15) is 0 Å². The molecule has 22 heavy (non-hydrogen) atoms. The second kappa shape index (κ2) is 5.41. The number of benzene rings is 1. The first-order valence-corrected chi connectivity index (χ1v) is 7.29. The molecule has 2 nitrogen and oxygen atoms in total. The second-order valence-corrected chi connectivity index (χ2v) is 5.13. The zero-order chi connectivity index (χ0) is 14.8. The normalized spacial score (nSPS) is 10.7. The minimum atomic E-state index is 0.954. The summed E-state index contributed by atoms with van der Waals surface area (Å²) < 4.78 is 0. The molecule has 1 aliphatic carbocycles. The standard InChI is InChI=1S/C20H14N2/c1-3-9-15(10-4-1)20-19(18-13-7-8-14-21-18)16-11-5-2-6-12-17(16)22-20/h1-14H. The summed E-state index contributed by atoms with van der Waals surface area (Å²) in [5.41, 5.74) is 6.27. The van der Waals surface area contributed by atoms with Crippen LogP contribution in [0.2, 0.25) is 0 Å². The molecule has 4 rings (SSSR count). The number of aromatic nitrogens is 2. The van der Waals surface area contributed by atoms with E-state index in [9.17, 15) is 0 Å². The largest absolute Gasteiger partial charge is 0.256 e. The van der Waals surface area contributed by atoms with E-state index in [0.29, 0.717) is 0 Å². The summed E-state index contributed by atoms with van der Waals surface area (Å²) in [4.78, 5) is 9.40. The molecule has 2 heterocycles. The highest BCUT2D eigenvalue weighted by Crippen LogP contribution is 2.40. The molecule has 0 saturated heterocycles. The van der Waals surface area contributed by atoms with Crippen molar-refractivity contribution in [1.82, 2.24) is 9.97 Å². The van der Waals surface area contributed by atoms with Crippen LogP contribution in [-0.4, -0.2) is 9.97 Å². The zero-order valence-electron chi connectivity index (χ0n) is 12.0. The van der Waals surface area contributed by atoms with Crippen LogP contribution in [0.15, 0.2) is 85.1 Å². The Morgan fingerprint density at radius 2 is 1.27 bits per heavy atom. The molecule has 0 N–H and O–H groups in total. The van der Waals surface area contributed by atoms with Crippen molar-refractivity contribution in [1.29, 1.82) is 0 Å². The van der Waals surface area contributed by atoms with Gasteiger partial charge in [0.1, 0.15) is 0 Å². The van der Waals surface area contributed by atoms with Gasteiger partial charge in [-0.1, -0.05) is 60.7 Å². The zero-order valence-corrected chi connectivity index (χ0v) is 12.0. The molecule has 0 amide bonds. The van der Waals surface area contributed by atoms with Gasteiger partial charge in [0.2, 0.25) is 0 Å². The van der Waals surface area contributed by atoms with E-state index in [4.69, 9.17) is 4.98 Å². The van der Waals surface area contributed by atoms with Crippen LogP contribution >= 0.6 is 0 Å². The summed E-state index contributed by atoms with van der Waals surface area (Å²) in [5, 5.41) is 0. The van der Waals surface area contributed by atoms with Gasteiger partial charge in [0, 0.05) is 22.9 Å². The summed E-state index contributed by atoms with van der Waals surface area (Å²) in [6.45, 7) is 0. The third-order valence-corrected chi connectivity index (χ3v) is 3.72. The molecule has 1 aromatic carbocycles. The summed E-state index contributed by atoms with van der Waals surface area (Å²) in [6, 6.07) is 26.5. The Labute approximate surface area is 129 Å². The van der Waals surface area contributed by atoms with Crippen molar-refractivity contribution in [3.05, 3.63) is 85.1 Å². The van der Waals surface area contributed by atoms with E-state index < -0.39 is 0 Å². The van der Waals surface area contributed by atoms with E-state index in [2.05, 4.69) is 23.2 Å². The molecule has 1 aromatic heterocycles. The van der Waals surface area contributed by atoms with Crippen molar-refractivity contribution in [2.75, 3.05) is 0 Å². The molecule has 0 fully saturated rings. The maximum absolute atomic E-state index is 4.86. The molecular formula is C20H14N2. The molecule has 2 aliphatic rings. The summed E-state index contributed by atoms with van der Waals surface area (Å²) in [7, 11) is 0. The average Bonchev–Trinajstić information content (AvgIpc) is 2.79. The van der Waals surface area contributed by atoms with Crippen molar-refractivity contribution < 1.29 is 0 Å². The fourth-order valence-electron chi connectivity index (χ4n) is 2.73. The highest BCUT2D eigenvalue weighted by atomic mass is 14.8. The van der Waals surface area contributed by atoms with E-state index in [1.54, 1.807) is 0 Å². The van der Waals surface area contributed by atoms with Gasteiger partial charge >= 0.3 is 0 Å². The van der Waals surface area contributed by atoms with Crippen molar-refractivity contribution in [2.45, 2.75) is 0 Å². The first-order chi connectivity index (χ1) is 10.9. The van der Waals surface area contributed by atoms with Gasteiger partial charge in [-0.05, 0) is 18.2 Å². The Morgan fingerprint density at radius 3 is 2.05 bits per heavy atom. The Morgan fingerprint density at radius 1 is 0.591 bits per heavy atom. The first-order valence-electron chi connectivity index (χ1n) is 7.29. The third-order valence-electron chi connectivity index (χ3n) is 3.72. The van der Waals surface area contributed by atoms with E-state index in [0.717, 1.165) is 33.8 Å². The van der Waals surface area contributed by atoms with Crippen LogP contribution in [0, 0.1) is 0 Å². The van der Waals surface area contributed by atoms with Crippen LogP contribution in [0.25, 0.3) is 33.8 Å². The number of hydrogen-bond donors (Lipinski definition) is 0. The smallest absolute Gasteiger partial charge is 0.0810 e. The van der Waals surface area contributed by atoms with Crippen LogP contribution in [0.5, 0.6) is 0 Å². The molecule has 104 valence electrons. The van der Waals surface area contributed by atoms with Crippen molar-refractivity contribution in [2.24, 2.45) is 0 Å². The predicted molar refractivity (Wildman–Crippen MR) is 89.5 cm³/mol. The van der Waals surface area contributed by atoms with Crippen LogP contribution in [0.4, 0.5) is 0 Å². The van der Waals surface area contributed by atoms with Gasteiger partial charge in [-0.25, -0.2) is 4.98 Å². The van der Waals surface area contributed by atoms with Crippen molar-refractivity contribution in [3.8, 4) is 33.8 Å². The SMILES string of the molecule is c1ccc(-c2nc3cccccc-3c2-c2ccccn2)cc1. The average molecular weight is 282 g/mol. The lowest BCUT2D eigenvalue weighted by atomic mass is 10.0. The van der Waals surface area contributed by atoms with Gasteiger partial charge in [-0.3, -0.25) is 4.98 Å². The Kier molecular flexibility index (Phi) is 3.13. The molecule has 1 aliphatic heterocycles. The van der Waals surface area contributed by atoms with E-state index in [1.165, 1.54) is 0 Å². The minimum absolute atomic E-state index is 0.954. The minimum Gasteiger partial charge on any atom is -0.256 e. The van der Waals surface area contributed by atoms with Crippen LogP contribution < -0.4 is 0 Å². The highest BCUT2D eigenvalue weighted by molar-refractivity contribution is 5.93. The molecule has 0 radical (unpaired) electrons. The van der Waals surface area contributed by atoms with E-state index in [1.807, 2.05) is 66.9 Å². The van der Waals surface area contributed by atoms with E-state index >= 15 is 0 Å². The third kappa shape index (κ3) is 2.15. The molecule has 2 heteroatoms. The topological polar surface area (TPSA) is 25.8 Å². The summed E-state index contributed by atoms with van der Waals surface area (Å²) >= 11 is 0. The second-order valence-electron chi connectivity index (χ2n) is 5.13. The molecule has 0 saturated carbocycles. The lowest BCUT2D eigenvalue weighted by molar-refractivity contribution is 1.33. The number of fused-ring (bicyclic) bond motifs is 1. The van der Waals surface area contributed by atoms with Gasteiger partial charge < -0.3 is 0 Å². The van der Waals surface area contributed by atoms with Crippen LogP contribution in [0.1, 0.15) is 0 Å². The Bertz CT molecular complexity index is 870. The van der Waals surface area contributed by atoms with Gasteiger partial charge in [0.25, 0.3) is 0 Å². The Balaban J connectivity index is 2.06. The van der Waals surface area contributed by atoms with Crippen LogP contribution in [-0.2, 0) is 0 Å². The molecule has 2 aromatic rings. The van der Waals surface area contributed by atoms with Crippen molar-refractivity contribution in [3.63, 3.8) is 0 Å². The Hall–Kier alpha value is -3.00. The van der Waals surface area contributed by atoms with Crippen molar-refractivity contribution >= 4 is 0 Å². The fourth-order valence-corrected chi connectivity index (χ4v) is 2.73. The predicted octanol–water partition coefficient (Wildman–Crippen LogP) is 4.92. The van der Waals surface area contributed by atoms with Gasteiger partial charge in [-0.15, -0.1) is 0 Å². The van der Waals surface area contributed by atoms with E-state index in [-0.39, 0.29) is 0 Å². The monoisotopic (exact) mass is 282 g/mol. The number of nitrogens with zero attached hydrogens (tertiary/aromatic N) is 2. The van der Waals surface area contributed by atoms with Crippen LogP contribution in [0.3, 0.4) is 0 Å². The first kappa shape index (κ1) is 12.7. The summed E-state index contributed by atoms with van der Waals surface area (Å²) in [6.07, 6.45) is 1.83. The number of hydrogen-bond acceptors (Lipinski definition) is 2. The quantitative estimate of drug-likeness (QED) is 0.521. The lowest BCUT2D eigenvalue weighted by Crippen LogP contribution is -1.85. The maximum Gasteiger partial charge on any atom is 0.0810 e. The molecule has 0 unspecified atom stereocenters. The van der Waals surface area contributed by atoms with Gasteiger partial charge in [0.15, 0.2) is 0 Å². The highest BCUT2D eigenvalue weighted by Gasteiger charge is 2.20. The molecular weight excluding hydrogens is 268 g/mol. The molecule has 0 spiro atoms. The number of rotatable bonds is 2.